The zero-order valence-electron chi connectivity index (χ0n) is 10.6. The number of pyridine rings is 1. The molecule has 0 aliphatic heterocycles. The van der Waals surface area contributed by atoms with E-state index in [-0.39, 0.29) is 17.3 Å². The van der Waals surface area contributed by atoms with Crippen molar-refractivity contribution in [3.05, 3.63) is 17.8 Å². The molecule has 1 rings (SSSR count). The maximum atomic E-state index is 11.4. The second kappa shape index (κ2) is 6.34. The molecule has 0 spiro atoms. The summed E-state index contributed by atoms with van der Waals surface area (Å²) >= 11 is 0. The quantitative estimate of drug-likeness (QED) is 0.763. The van der Waals surface area contributed by atoms with E-state index in [4.69, 9.17) is 5.73 Å². The Morgan fingerprint density at radius 1 is 1.67 bits per heavy atom. The smallest absolute Gasteiger partial charge is 0.340 e. The summed E-state index contributed by atoms with van der Waals surface area (Å²) in [4.78, 5) is 15.5. The predicted octanol–water partition coefficient (Wildman–Crippen LogP) is 0.629. The Kier molecular flexibility index (Phi) is 5.08. The Morgan fingerprint density at radius 2 is 2.33 bits per heavy atom. The summed E-state index contributed by atoms with van der Waals surface area (Å²) in [6, 6.07) is 1.44. The van der Waals surface area contributed by atoms with Crippen molar-refractivity contribution in [3.63, 3.8) is 0 Å². The van der Waals surface area contributed by atoms with Gasteiger partial charge in [0.1, 0.15) is 5.82 Å². The van der Waals surface area contributed by atoms with Crippen LogP contribution in [-0.2, 0) is 15.5 Å². The fourth-order valence-corrected chi connectivity index (χ4v) is 2.29. The number of nitrogens with two attached hydrogens (primary N) is 1. The van der Waals surface area contributed by atoms with Crippen molar-refractivity contribution < 1.29 is 13.7 Å². The summed E-state index contributed by atoms with van der Waals surface area (Å²) in [5, 5.41) is 3.02. The van der Waals surface area contributed by atoms with Gasteiger partial charge < -0.3 is 15.8 Å². The molecule has 0 fully saturated rings. The van der Waals surface area contributed by atoms with E-state index in [1.54, 1.807) is 6.26 Å². The zero-order valence-corrected chi connectivity index (χ0v) is 11.4. The van der Waals surface area contributed by atoms with Crippen molar-refractivity contribution in [2.45, 2.75) is 13.0 Å². The van der Waals surface area contributed by atoms with Gasteiger partial charge in [-0.15, -0.1) is 0 Å². The van der Waals surface area contributed by atoms with Crippen LogP contribution in [0.1, 0.15) is 17.3 Å². The minimum Gasteiger partial charge on any atom is -0.465 e. The van der Waals surface area contributed by atoms with Crippen molar-refractivity contribution in [2.24, 2.45) is 0 Å². The van der Waals surface area contributed by atoms with E-state index >= 15 is 0 Å². The highest BCUT2D eigenvalue weighted by atomic mass is 32.2. The molecule has 0 aromatic carbocycles. The van der Waals surface area contributed by atoms with E-state index in [2.05, 4.69) is 15.0 Å². The summed E-state index contributed by atoms with van der Waals surface area (Å²) in [6.45, 7) is 1.87. The van der Waals surface area contributed by atoms with Crippen LogP contribution in [0, 0.1) is 0 Å². The molecule has 0 saturated carbocycles. The Hall–Kier alpha value is -1.63. The first-order chi connectivity index (χ1) is 8.45. The Bertz CT molecular complexity index is 465. The summed E-state index contributed by atoms with van der Waals surface area (Å²) in [5.74, 6) is 0.365. The maximum Gasteiger partial charge on any atom is 0.340 e. The number of hydrogen-bond acceptors (Lipinski definition) is 6. The van der Waals surface area contributed by atoms with Gasteiger partial charge in [-0.05, 0) is 13.0 Å². The second-order valence-corrected chi connectivity index (χ2v) is 5.38. The molecular formula is C11H17N3O3S. The van der Waals surface area contributed by atoms with E-state index in [0.717, 1.165) is 0 Å². The van der Waals surface area contributed by atoms with Crippen LogP contribution in [-0.4, -0.2) is 40.3 Å². The van der Waals surface area contributed by atoms with Crippen molar-refractivity contribution in [3.8, 4) is 0 Å². The number of hydrogen-bond donors (Lipinski definition) is 2. The van der Waals surface area contributed by atoms with Gasteiger partial charge in [0.05, 0.1) is 18.4 Å². The van der Waals surface area contributed by atoms with Gasteiger partial charge in [0.2, 0.25) is 0 Å². The van der Waals surface area contributed by atoms with Gasteiger partial charge in [0.15, 0.2) is 0 Å². The van der Waals surface area contributed by atoms with Gasteiger partial charge in [-0.1, -0.05) is 0 Å². The first kappa shape index (κ1) is 14.4. The predicted molar refractivity (Wildman–Crippen MR) is 72.0 cm³/mol. The van der Waals surface area contributed by atoms with Gasteiger partial charge in [0, 0.05) is 35.0 Å². The molecule has 0 aliphatic rings. The number of esters is 1. The number of carbonyl (C=O) groups is 1. The number of ether oxygens (including phenoxy) is 1. The second-order valence-electron chi connectivity index (χ2n) is 3.90. The first-order valence-electron chi connectivity index (χ1n) is 5.35. The monoisotopic (exact) mass is 271 g/mol. The molecule has 1 aromatic heterocycles. The largest absolute Gasteiger partial charge is 0.465 e. The number of anilines is 2. The van der Waals surface area contributed by atoms with E-state index in [9.17, 15) is 9.00 Å². The molecule has 18 heavy (non-hydrogen) atoms. The lowest BCUT2D eigenvalue weighted by atomic mass is 10.2. The normalized spacial score (nSPS) is 13.7. The van der Waals surface area contributed by atoms with Crippen LogP contribution >= 0.6 is 0 Å². The Labute approximate surface area is 108 Å². The average molecular weight is 271 g/mol. The van der Waals surface area contributed by atoms with Gasteiger partial charge in [-0.2, -0.15) is 0 Å². The molecule has 6 nitrogen and oxygen atoms in total. The van der Waals surface area contributed by atoms with Crippen LogP contribution in [0.25, 0.3) is 0 Å². The lowest BCUT2D eigenvalue weighted by Gasteiger charge is -2.15. The number of carbonyl (C=O) groups excluding carboxylic acids is 1. The SMILES string of the molecule is COC(=O)c1ccnc(NC(C)CS(C)=O)c1N. The molecule has 0 aliphatic carbocycles. The highest BCUT2D eigenvalue weighted by molar-refractivity contribution is 7.84. The first-order valence-corrected chi connectivity index (χ1v) is 7.07. The van der Waals surface area contributed by atoms with E-state index in [1.165, 1.54) is 19.4 Å². The number of nitrogen functional groups attached to an aromatic ring is 1. The van der Waals surface area contributed by atoms with Crippen molar-refractivity contribution in [1.29, 1.82) is 0 Å². The van der Waals surface area contributed by atoms with Gasteiger partial charge in [0.25, 0.3) is 0 Å². The molecule has 2 unspecified atom stereocenters. The number of rotatable bonds is 5. The Balaban J connectivity index is 2.90. The molecule has 3 N–H and O–H groups in total. The third kappa shape index (κ3) is 3.69. The molecule has 1 heterocycles. The minimum atomic E-state index is -0.914. The third-order valence-corrected chi connectivity index (χ3v) is 3.23. The van der Waals surface area contributed by atoms with Crippen LogP contribution in [0.5, 0.6) is 0 Å². The molecule has 0 radical (unpaired) electrons. The highest BCUT2D eigenvalue weighted by Gasteiger charge is 2.15. The molecule has 7 heteroatoms. The molecule has 100 valence electrons. The molecule has 0 amide bonds. The number of nitrogens with one attached hydrogen (secondary N) is 1. The van der Waals surface area contributed by atoms with E-state index in [0.29, 0.717) is 11.6 Å². The van der Waals surface area contributed by atoms with Gasteiger partial charge in [-0.25, -0.2) is 9.78 Å². The van der Waals surface area contributed by atoms with Crippen LogP contribution in [0.2, 0.25) is 0 Å². The Morgan fingerprint density at radius 3 is 2.89 bits per heavy atom. The summed E-state index contributed by atoms with van der Waals surface area (Å²) in [6.07, 6.45) is 3.10. The minimum absolute atomic E-state index is 0.0569. The lowest BCUT2D eigenvalue weighted by Crippen LogP contribution is -2.24. The average Bonchev–Trinajstić information content (AvgIpc) is 2.30. The summed E-state index contributed by atoms with van der Waals surface area (Å²) in [7, 11) is 0.375. The summed E-state index contributed by atoms with van der Waals surface area (Å²) < 4.78 is 15.7. The van der Waals surface area contributed by atoms with E-state index in [1.807, 2.05) is 6.92 Å². The maximum absolute atomic E-state index is 11.4. The molecule has 0 saturated heterocycles. The van der Waals surface area contributed by atoms with Crippen LogP contribution in [0.3, 0.4) is 0 Å². The van der Waals surface area contributed by atoms with Crippen LogP contribution in [0.4, 0.5) is 11.5 Å². The highest BCUT2D eigenvalue weighted by Crippen LogP contribution is 2.21. The fourth-order valence-electron chi connectivity index (χ4n) is 1.50. The molecule has 2 atom stereocenters. The lowest BCUT2D eigenvalue weighted by molar-refractivity contribution is 0.0602. The number of nitrogens with zero attached hydrogens (tertiary/aromatic N) is 1. The fraction of sp³-hybridized carbons (Fsp3) is 0.455. The topological polar surface area (TPSA) is 94.3 Å². The molecular weight excluding hydrogens is 254 g/mol. The van der Waals surface area contributed by atoms with Crippen molar-refractivity contribution in [1.82, 2.24) is 4.98 Å². The standard InChI is InChI=1S/C11H17N3O3S/c1-7(6-18(3)16)14-10-9(12)8(4-5-13-10)11(15)17-2/h4-5,7H,6,12H2,1-3H3,(H,13,14). The molecule has 0 bridgehead atoms. The van der Waals surface area contributed by atoms with Crippen molar-refractivity contribution in [2.75, 3.05) is 30.2 Å². The van der Waals surface area contributed by atoms with Gasteiger partial charge >= 0.3 is 5.97 Å². The van der Waals surface area contributed by atoms with Crippen LogP contribution < -0.4 is 11.1 Å². The zero-order chi connectivity index (χ0) is 13.7. The van der Waals surface area contributed by atoms with Gasteiger partial charge in [-0.3, -0.25) is 4.21 Å². The van der Waals surface area contributed by atoms with E-state index < -0.39 is 16.8 Å². The van der Waals surface area contributed by atoms with Crippen LogP contribution in [0.15, 0.2) is 12.3 Å². The van der Waals surface area contributed by atoms with Crippen molar-refractivity contribution >= 4 is 28.3 Å². The third-order valence-electron chi connectivity index (χ3n) is 2.26. The molecule has 1 aromatic rings. The summed E-state index contributed by atoms with van der Waals surface area (Å²) in [5.41, 5.74) is 6.34. The number of aromatic nitrogens is 1. The number of methoxy groups -OCH3 is 1.